The molecule has 1 aromatic carbocycles. The Morgan fingerprint density at radius 1 is 1.07 bits per heavy atom. The fourth-order valence-corrected chi connectivity index (χ4v) is 2.47. The molecule has 2 rings (SSSR count). The zero-order valence-corrected chi connectivity index (χ0v) is 9.41. The second-order valence-electron chi connectivity index (χ2n) is 3.23. The Kier molecular flexibility index (Phi) is 4.15. The second kappa shape index (κ2) is 5.86. The van der Waals surface area contributed by atoms with Gasteiger partial charge < -0.3 is 4.52 Å². The lowest BCUT2D eigenvalue weighted by atomic mass is 10.3. The summed E-state index contributed by atoms with van der Waals surface area (Å²) in [5.74, 6) is 0.910. The molecule has 4 heteroatoms. The molecule has 1 aromatic rings. The van der Waals surface area contributed by atoms with Gasteiger partial charge in [0, 0.05) is 13.1 Å². The molecule has 0 amide bonds. The first-order chi connectivity index (χ1) is 7.45. The van der Waals surface area contributed by atoms with Gasteiger partial charge in [0.1, 0.15) is 5.75 Å². The van der Waals surface area contributed by atoms with Gasteiger partial charge in [0.2, 0.25) is 8.45 Å². The Balaban J connectivity index is 1.90. The standard InChI is InChI=1S/C11H15N2OP/c1-3-7-11(8-4-1)14-15-12-9-5-2-6-10-13-15/h1-5,7-8,12-13H,6,9-10H2. The first-order valence-electron chi connectivity index (χ1n) is 5.10. The van der Waals surface area contributed by atoms with Gasteiger partial charge in [-0.3, -0.25) is 5.09 Å². The lowest BCUT2D eigenvalue weighted by Crippen LogP contribution is -2.24. The molecule has 1 aliphatic rings. The van der Waals surface area contributed by atoms with Gasteiger partial charge in [-0.25, -0.2) is 5.09 Å². The number of hydrogen-bond donors (Lipinski definition) is 2. The molecule has 0 saturated carbocycles. The summed E-state index contributed by atoms with van der Waals surface area (Å²) in [5, 5.41) is 6.67. The van der Waals surface area contributed by atoms with E-state index < -0.39 is 8.45 Å². The van der Waals surface area contributed by atoms with E-state index in [1.807, 2.05) is 30.3 Å². The summed E-state index contributed by atoms with van der Waals surface area (Å²) < 4.78 is 5.80. The molecule has 0 aromatic heterocycles. The summed E-state index contributed by atoms with van der Waals surface area (Å²) in [6, 6.07) is 9.89. The molecule has 0 fully saturated rings. The number of hydrogen-bond acceptors (Lipinski definition) is 3. The Morgan fingerprint density at radius 3 is 2.80 bits per heavy atom. The van der Waals surface area contributed by atoms with Crippen LogP contribution in [-0.2, 0) is 0 Å². The highest BCUT2D eigenvalue weighted by Crippen LogP contribution is 2.29. The van der Waals surface area contributed by atoms with E-state index in [4.69, 9.17) is 4.52 Å². The zero-order chi connectivity index (χ0) is 10.3. The van der Waals surface area contributed by atoms with Gasteiger partial charge >= 0.3 is 0 Å². The Morgan fingerprint density at radius 2 is 1.93 bits per heavy atom. The molecular weight excluding hydrogens is 207 g/mol. The van der Waals surface area contributed by atoms with Crippen LogP contribution in [0.15, 0.2) is 42.5 Å². The third-order valence-electron chi connectivity index (χ3n) is 2.03. The lowest BCUT2D eigenvalue weighted by Gasteiger charge is -2.20. The van der Waals surface area contributed by atoms with Gasteiger partial charge in [-0.15, -0.1) is 0 Å². The van der Waals surface area contributed by atoms with Gasteiger partial charge in [0.05, 0.1) is 0 Å². The summed E-state index contributed by atoms with van der Waals surface area (Å²) in [4.78, 5) is 0. The average Bonchev–Trinajstić information content (AvgIpc) is 2.23. The summed E-state index contributed by atoms with van der Waals surface area (Å²) in [6.07, 6.45) is 5.39. The molecule has 1 heterocycles. The highest BCUT2D eigenvalue weighted by Gasteiger charge is 2.09. The van der Waals surface area contributed by atoms with Gasteiger partial charge in [-0.2, -0.15) is 0 Å². The van der Waals surface area contributed by atoms with Crippen LogP contribution in [0.3, 0.4) is 0 Å². The zero-order valence-electron chi connectivity index (χ0n) is 8.52. The van der Waals surface area contributed by atoms with Crippen molar-refractivity contribution in [2.75, 3.05) is 13.1 Å². The molecule has 3 nitrogen and oxygen atoms in total. The fourth-order valence-electron chi connectivity index (χ4n) is 1.29. The largest absolute Gasteiger partial charge is 0.445 e. The molecule has 1 atom stereocenters. The van der Waals surface area contributed by atoms with E-state index in [9.17, 15) is 0 Å². The molecule has 15 heavy (non-hydrogen) atoms. The molecule has 2 N–H and O–H groups in total. The van der Waals surface area contributed by atoms with Crippen LogP contribution < -0.4 is 14.7 Å². The fraction of sp³-hybridized carbons (Fsp3) is 0.273. The van der Waals surface area contributed by atoms with Gasteiger partial charge in [0.15, 0.2) is 0 Å². The van der Waals surface area contributed by atoms with Crippen molar-refractivity contribution < 1.29 is 4.52 Å². The van der Waals surface area contributed by atoms with Crippen molar-refractivity contribution in [2.24, 2.45) is 0 Å². The Labute approximate surface area is 91.5 Å². The van der Waals surface area contributed by atoms with Crippen LogP contribution in [-0.4, -0.2) is 13.1 Å². The van der Waals surface area contributed by atoms with E-state index in [0.29, 0.717) is 0 Å². The molecule has 0 radical (unpaired) electrons. The Bertz CT molecular complexity index is 316. The second-order valence-corrected chi connectivity index (χ2v) is 4.63. The van der Waals surface area contributed by atoms with Gasteiger partial charge in [-0.1, -0.05) is 30.4 Å². The predicted octanol–water partition coefficient (Wildman–Crippen LogP) is 2.43. The number of benzene rings is 1. The summed E-state index contributed by atoms with van der Waals surface area (Å²) >= 11 is 0. The van der Waals surface area contributed by atoms with Crippen LogP contribution in [0.4, 0.5) is 0 Å². The van der Waals surface area contributed by atoms with Crippen molar-refractivity contribution in [3.05, 3.63) is 42.5 Å². The lowest BCUT2D eigenvalue weighted by molar-refractivity contribution is 0.582. The molecule has 0 bridgehead atoms. The van der Waals surface area contributed by atoms with Crippen molar-refractivity contribution >= 4 is 8.45 Å². The van der Waals surface area contributed by atoms with Crippen molar-refractivity contribution in [1.29, 1.82) is 0 Å². The first-order valence-corrected chi connectivity index (χ1v) is 6.36. The summed E-state index contributed by atoms with van der Waals surface area (Å²) in [5.41, 5.74) is 0. The van der Waals surface area contributed by atoms with Crippen molar-refractivity contribution in [1.82, 2.24) is 10.2 Å². The number of para-hydroxylation sites is 1. The third-order valence-corrected chi connectivity index (χ3v) is 3.40. The van der Waals surface area contributed by atoms with E-state index in [1.54, 1.807) is 0 Å². The highest BCUT2D eigenvalue weighted by atomic mass is 31.2. The molecule has 1 aliphatic heterocycles. The van der Waals surface area contributed by atoms with E-state index in [1.165, 1.54) is 0 Å². The van der Waals surface area contributed by atoms with E-state index >= 15 is 0 Å². The molecule has 0 saturated heterocycles. The minimum absolute atomic E-state index is 0.743. The minimum atomic E-state index is -0.743. The SMILES string of the molecule is C1=CCNP(Oc2ccccc2)NCC1. The maximum absolute atomic E-state index is 5.80. The summed E-state index contributed by atoms with van der Waals surface area (Å²) in [6.45, 7) is 1.83. The predicted molar refractivity (Wildman–Crippen MR) is 63.8 cm³/mol. The van der Waals surface area contributed by atoms with Crippen LogP contribution in [0, 0.1) is 0 Å². The van der Waals surface area contributed by atoms with Gasteiger partial charge in [0.25, 0.3) is 0 Å². The maximum atomic E-state index is 5.80. The molecule has 0 aliphatic carbocycles. The maximum Gasteiger partial charge on any atom is 0.242 e. The normalized spacial score (nSPS) is 21.7. The quantitative estimate of drug-likeness (QED) is 0.595. The van der Waals surface area contributed by atoms with Gasteiger partial charge in [-0.05, 0) is 18.6 Å². The van der Waals surface area contributed by atoms with Crippen molar-refractivity contribution in [3.8, 4) is 5.75 Å². The highest BCUT2D eigenvalue weighted by molar-refractivity contribution is 7.48. The van der Waals surface area contributed by atoms with E-state index in [2.05, 4.69) is 22.3 Å². The van der Waals surface area contributed by atoms with Crippen molar-refractivity contribution in [2.45, 2.75) is 6.42 Å². The smallest absolute Gasteiger partial charge is 0.242 e. The summed E-state index contributed by atoms with van der Waals surface area (Å²) in [7, 11) is -0.743. The van der Waals surface area contributed by atoms with Crippen LogP contribution >= 0.6 is 8.45 Å². The molecule has 0 spiro atoms. The topological polar surface area (TPSA) is 33.3 Å². The van der Waals surface area contributed by atoms with E-state index in [-0.39, 0.29) is 0 Å². The Hall–Kier alpha value is -0.890. The van der Waals surface area contributed by atoms with E-state index in [0.717, 1.165) is 25.3 Å². The van der Waals surface area contributed by atoms with Crippen LogP contribution in [0.5, 0.6) is 5.75 Å². The monoisotopic (exact) mass is 222 g/mol. The molecule has 80 valence electrons. The van der Waals surface area contributed by atoms with Crippen molar-refractivity contribution in [3.63, 3.8) is 0 Å². The molecule has 1 unspecified atom stereocenters. The average molecular weight is 222 g/mol. The first kappa shape index (κ1) is 10.6. The number of rotatable bonds is 2. The third kappa shape index (κ3) is 3.63. The van der Waals surface area contributed by atoms with Crippen LogP contribution in [0.1, 0.15) is 6.42 Å². The molecular formula is C11H15N2OP. The minimum Gasteiger partial charge on any atom is -0.445 e. The van der Waals surface area contributed by atoms with Crippen LogP contribution in [0.2, 0.25) is 0 Å². The number of nitrogens with one attached hydrogen (secondary N) is 2. The van der Waals surface area contributed by atoms with Crippen LogP contribution in [0.25, 0.3) is 0 Å².